The Morgan fingerprint density at radius 3 is 2.53 bits per heavy atom. The molecule has 2 rings (SSSR count). The smallest absolute Gasteiger partial charge is 0.125 e. The molecule has 0 saturated carbocycles. The Hall–Kier alpha value is -1.35. The molecule has 0 spiro atoms. The highest BCUT2D eigenvalue weighted by atomic mass is 79.9. The van der Waals surface area contributed by atoms with E-state index < -0.39 is 0 Å². The Morgan fingerprint density at radius 1 is 1.12 bits per heavy atom. The summed E-state index contributed by atoms with van der Waals surface area (Å²) in [4.78, 5) is 0. The van der Waals surface area contributed by atoms with Crippen LogP contribution in [0.5, 0.6) is 0 Å². The van der Waals surface area contributed by atoms with Gasteiger partial charge in [-0.3, -0.25) is 0 Å². The molecule has 3 heteroatoms. The monoisotopic (exact) mass is 293 g/mol. The van der Waals surface area contributed by atoms with Gasteiger partial charge in [0.2, 0.25) is 0 Å². The summed E-state index contributed by atoms with van der Waals surface area (Å²) in [6.45, 7) is 2.05. The fraction of sp³-hybridized carbons (Fsp3) is 0.143. The lowest BCUT2D eigenvalue weighted by atomic mass is 10.1. The summed E-state index contributed by atoms with van der Waals surface area (Å²) in [5, 5.41) is 3.28. The van der Waals surface area contributed by atoms with E-state index in [2.05, 4.69) is 21.2 Å². The number of anilines is 1. The van der Waals surface area contributed by atoms with Crippen LogP contribution >= 0.6 is 15.9 Å². The molecule has 0 aliphatic carbocycles. The molecule has 17 heavy (non-hydrogen) atoms. The Morgan fingerprint density at radius 2 is 1.82 bits per heavy atom. The van der Waals surface area contributed by atoms with Gasteiger partial charge in [0, 0.05) is 10.5 Å². The lowest BCUT2D eigenvalue weighted by Crippen LogP contribution is -2.07. The number of hydrogen-bond acceptors (Lipinski definition) is 1. The van der Waals surface area contributed by atoms with Crippen LogP contribution in [0.2, 0.25) is 0 Å². The molecule has 1 unspecified atom stereocenters. The summed E-state index contributed by atoms with van der Waals surface area (Å²) in [7, 11) is 0. The number of rotatable bonds is 3. The lowest BCUT2D eigenvalue weighted by Gasteiger charge is -2.16. The second-order valence-corrected chi connectivity index (χ2v) is 4.76. The third-order valence-electron chi connectivity index (χ3n) is 2.60. The van der Waals surface area contributed by atoms with Crippen LogP contribution in [0.3, 0.4) is 0 Å². The average Bonchev–Trinajstić information content (AvgIpc) is 2.35. The molecule has 0 saturated heterocycles. The molecule has 1 N–H and O–H groups in total. The van der Waals surface area contributed by atoms with Gasteiger partial charge in [-0.15, -0.1) is 0 Å². The zero-order valence-electron chi connectivity index (χ0n) is 9.45. The van der Waals surface area contributed by atoms with Crippen molar-refractivity contribution in [3.8, 4) is 0 Å². The van der Waals surface area contributed by atoms with Gasteiger partial charge in [0.15, 0.2) is 0 Å². The van der Waals surface area contributed by atoms with E-state index in [1.165, 1.54) is 17.7 Å². The highest BCUT2D eigenvalue weighted by molar-refractivity contribution is 9.10. The summed E-state index contributed by atoms with van der Waals surface area (Å²) in [6.07, 6.45) is 0. The third-order valence-corrected chi connectivity index (χ3v) is 3.29. The van der Waals surface area contributed by atoms with Crippen molar-refractivity contribution in [3.63, 3.8) is 0 Å². The van der Waals surface area contributed by atoms with E-state index >= 15 is 0 Å². The van der Waals surface area contributed by atoms with Crippen LogP contribution in [-0.4, -0.2) is 0 Å². The van der Waals surface area contributed by atoms with Crippen LogP contribution in [0, 0.1) is 5.82 Å². The fourth-order valence-electron chi connectivity index (χ4n) is 1.67. The quantitative estimate of drug-likeness (QED) is 0.860. The number of hydrogen-bond donors (Lipinski definition) is 1. The van der Waals surface area contributed by atoms with Gasteiger partial charge >= 0.3 is 0 Å². The van der Waals surface area contributed by atoms with E-state index in [9.17, 15) is 4.39 Å². The first-order valence-electron chi connectivity index (χ1n) is 5.43. The molecule has 88 valence electrons. The normalized spacial score (nSPS) is 12.2. The van der Waals surface area contributed by atoms with Crippen molar-refractivity contribution in [3.05, 3.63) is 64.4 Å². The van der Waals surface area contributed by atoms with E-state index in [0.717, 1.165) is 10.2 Å². The van der Waals surface area contributed by atoms with Gasteiger partial charge in [-0.25, -0.2) is 4.39 Å². The first-order chi connectivity index (χ1) is 8.16. The minimum absolute atomic E-state index is 0.134. The Bertz CT molecular complexity index is 499. The van der Waals surface area contributed by atoms with Crippen LogP contribution in [-0.2, 0) is 0 Å². The fourth-order valence-corrected chi connectivity index (χ4v) is 2.03. The second-order valence-electron chi connectivity index (χ2n) is 3.90. The van der Waals surface area contributed by atoms with Crippen molar-refractivity contribution in [1.29, 1.82) is 0 Å². The van der Waals surface area contributed by atoms with E-state index in [1.54, 1.807) is 6.07 Å². The van der Waals surface area contributed by atoms with Gasteiger partial charge in [0.25, 0.3) is 0 Å². The largest absolute Gasteiger partial charge is 0.378 e. The second kappa shape index (κ2) is 5.32. The maximum atomic E-state index is 13.1. The van der Waals surface area contributed by atoms with E-state index in [4.69, 9.17) is 0 Å². The van der Waals surface area contributed by atoms with Crippen LogP contribution in [0.25, 0.3) is 0 Å². The summed E-state index contributed by atoms with van der Waals surface area (Å²) >= 11 is 3.40. The molecule has 0 aliphatic heterocycles. The van der Waals surface area contributed by atoms with Crippen molar-refractivity contribution in [1.82, 2.24) is 0 Å². The molecule has 0 amide bonds. The molecular weight excluding hydrogens is 281 g/mol. The Labute approximate surface area is 109 Å². The predicted octanol–water partition coefficient (Wildman–Crippen LogP) is 4.76. The van der Waals surface area contributed by atoms with Crippen LogP contribution in [0.1, 0.15) is 18.5 Å². The maximum absolute atomic E-state index is 13.1. The van der Waals surface area contributed by atoms with Crippen LogP contribution < -0.4 is 5.32 Å². The topological polar surface area (TPSA) is 12.0 Å². The molecule has 1 atom stereocenters. The van der Waals surface area contributed by atoms with Gasteiger partial charge < -0.3 is 5.32 Å². The van der Waals surface area contributed by atoms with Crippen molar-refractivity contribution in [2.75, 3.05) is 5.32 Å². The highest BCUT2D eigenvalue weighted by Crippen LogP contribution is 2.27. The minimum atomic E-state index is -0.240. The maximum Gasteiger partial charge on any atom is 0.125 e. The third kappa shape index (κ3) is 3.07. The molecule has 1 nitrogen and oxygen atoms in total. The van der Waals surface area contributed by atoms with Gasteiger partial charge in [-0.2, -0.15) is 0 Å². The summed E-state index contributed by atoms with van der Waals surface area (Å²) < 4.78 is 14.0. The van der Waals surface area contributed by atoms with Gasteiger partial charge in [-0.05, 0) is 46.6 Å². The SMILES string of the molecule is CC(Nc1cc(F)ccc1Br)c1ccccc1. The van der Waals surface area contributed by atoms with E-state index in [-0.39, 0.29) is 11.9 Å². The zero-order valence-corrected chi connectivity index (χ0v) is 11.0. The molecule has 2 aromatic carbocycles. The van der Waals surface area contributed by atoms with Crippen molar-refractivity contribution in [2.45, 2.75) is 13.0 Å². The van der Waals surface area contributed by atoms with E-state index in [1.807, 2.05) is 37.3 Å². The molecule has 0 aromatic heterocycles. The molecule has 0 fully saturated rings. The molecule has 0 radical (unpaired) electrons. The van der Waals surface area contributed by atoms with Gasteiger partial charge in [0.05, 0.1) is 5.69 Å². The van der Waals surface area contributed by atoms with Gasteiger partial charge in [0.1, 0.15) is 5.82 Å². The molecular formula is C14H13BrFN. The number of halogens is 2. The van der Waals surface area contributed by atoms with Crippen molar-refractivity contribution >= 4 is 21.6 Å². The van der Waals surface area contributed by atoms with Crippen molar-refractivity contribution < 1.29 is 4.39 Å². The zero-order chi connectivity index (χ0) is 12.3. The lowest BCUT2D eigenvalue weighted by molar-refractivity contribution is 0.627. The van der Waals surface area contributed by atoms with Gasteiger partial charge in [-0.1, -0.05) is 30.3 Å². The summed E-state index contributed by atoms with van der Waals surface area (Å²) in [5.74, 6) is -0.240. The van der Waals surface area contributed by atoms with Crippen LogP contribution in [0.4, 0.5) is 10.1 Å². The standard InChI is InChI=1S/C14H13BrFN/c1-10(11-5-3-2-4-6-11)17-14-9-12(16)7-8-13(14)15/h2-10,17H,1H3. The average molecular weight is 294 g/mol. The number of nitrogens with one attached hydrogen (secondary N) is 1. The first kappa shape index (κ1) is 12.1. The summed E-state index contributed by atoms with van der Waals surface area (Å²) in [5.41, 5.74) is 1.94. The van der Waals surface area contributed by atoms with Crippen molar-refractivity contribution in [2.24, 2.45) is 0 Å². The molecule has 0 bridgehead atoms. The number of benzene rings is 2. The molecule has 0 heterocycles. The van der Waals surface area contributed by atoms with E-state index in [0.29, 0.717) is 0 Å². The Balaban J connectivity index is 2.18. The predicted molar refractivity (Wildman–Crippen MR) is 72.6 cm³/mol. The highest BCUT2D eigenvalue weighted by Gasteiger charge is 2.07. The Kier molecular flexibility index (Phi) is 3.79. The summed E-state index contributed by atoms with van der Waals surface area (Å²) in [6, 6.07) is 14.8. The van der Waals surface area contributed by atoms with Crippen LogP contribution in [0.15, 0.2) is 53.0 Å². The first-order valence-corrected chi connectivity index (χ1v) is 6.22. The molecule has 2 aromatic rings. The molecule has 0 aliphatic rings. The minimum Gasteiger partial charge on any atom is -0.378 e.